The maximum atomic E-state index is 12.5. The predicted octanol–water partition coefficient (Wildman–Crippen LogP) is 1.51. The van der Waals surface area contributed by atoms with Gasteiger partial charge in [0.05, 0.1) is 0 Å². The van der Waals surface area contributed by atoms with Crippen LogP contribution in [-0.2, 0) is 15.1 Å². The van der Waals surface area contributed by atoms with Gasteiger partial charge in [-0.25, -0.2) is 4.79 Å². The lowest BCUT2D eigenvalue weighted by Crippen LogP contribution is -2.53. The quantitative estimate of drug-likeness (QED) is 0.833. The molecular weight excluding hydrogens is 284 g/mol. The molecule has 1 amide bonds. The Kier molecular flexibility index (Phi) is 5.52. The van der Waals surface area contributed by atoms with E-state index in [1.54, 1.807) is 33.0 Å². The fourth-order valence-corrected chi connectivity index (χ4v) is 2.18. The number of carbonyl (C=O) groups is 2. The summed E-state index contributed by atoms with van der Waals surface area (Å²) in [5.41, 5.74) is -0.660. The van der Waals surface area contributed by atoms with Gasteiger partial charge in [-0.3, -0.25) is 9.59 Å². The molecule has 1 heterocycles. The van der Waals surface area contributed by atoms with E-state index in [0.717, 1.165) is 5.56 Å². The number of nitrogens with zero attached hydrogens (tertiary/aromatic N) is 1. The van der Waals surface area contributed by atoms with Crippen molar-refractivity contribution >= 4 is 11.9 Å². The molecule has 0 aliphatic rings. The maximum Gasteiger partial charge on any atom is 0.326 e. The number of rotatable bonds is 6. The number of aryl methyl sites for hydroxylation is 1. The van der Waals surface area contributed by atoms with Crippen molar-refractivity contribution < 1.29 is 14.7 Å². The summed E-state index contributed by atoms with van der Waals surface area (Å²) in [5.74, 6) is -1.44. The van der Waals surface area contributed by atoms with Crippen molar-refractivity contribution in [1.29, 1.82) is 0 Å². The van der Waals surface area contributed by atoms with Crippen molar-refractivity contribution in [2.45, 2.75) is 52.6 Å². The van der Waals surface area contributed by atoms with Gasteiger partial charge in [0, 0.05) is 12.3 Å². The van der Waals surface area contributed by atoms with Crippen molar-refractivity contribution in [3.8, 4) is 0 Å². The molecule has 1 rings (SSSR count). The SMILES string of the molecule is Cc1ccn(C(C)(C)C(=O)NC(CC(C)C)C(=O)O)c(=O)c1. The van der Waals surface area contributed by atoms with Crippen molar-refractivity contribution in [2.75, 3.05) is 0 Å². The van der Waals surface area contributed by atoms with E-state index in [-0.39, 0.29) is 11.5 Å². The summed E-state index contributed by atoms with van der Waals surface area (Å²) in [7, 11) is 0. The van der Waals surface area contributed by atoms with Gasteiger partial charge in [-0.15, -0.1) is 0 Å². The lowest BCUT2D eigenvalue weighted by Gasteiger charge is -2.28. The second-order valence-corrected chi connectivity index (χ2v) is 6.47. The number of nitrogens with one attached hydrogen (secondary N) is 1. The van der Waals surface area contributed by atoms with Crippen LogP contribution in [0.4, 0.5) is 0 Å². The van der Waals surface area contributed by atoms with Crippen LogP contribution in [0.3, 0.4) is 0 Å². The molecule has 2 N–H and O–H groups in total. The molecule has 0 saturated carbocycles. The Hall–Kier alpha value is -2.11. The lowest BCUT2D eigenvalue weighted by atomic mass is 9.99. The molecule has 1 atom stereocenters. The van der Waals surface area contributed by atoms with Gasteiger partial charge in [-0.1, -0.05) is 13.8 Å². The van der Waals surface area contributed by atoms with Crippen LogP contribution in [-0.4, -0.2) is 27.6 Å². The zero-order chi connectivity index (χ0) is 17.1. The Morgan fingerprint density at radius 1 is 1.36 bits per heavy atom. The van der Waals surface area contributed by atoms with Crippen LogP contribution in [0, 0.1) is 12.8 Å². The van der Waals surface area contributed by atoms with Crippen LogP contribution in [0.25, 0.3) is 0 Å². The molecule has 0 bridgehead atoms. The highest BCUT2D eigenvalue weighted by Gasteiger charge is 2.33. The van der Waals surface area contributed by atoms with Gasteiger partial charge in [-0.2, -0.15) is 0 Å². The Balaban J connectivity index is 3.03. The van der Waals surface area contributed by atoms with E-state index >= 15 is 0 Å². The molecule has 6 nitrogen and oxygen atoms in total. The van der Waals surface area contributed by atoms with Gasteiger partial charge in [-0.05, 0) is 44.7 Å². The molecule has 6 heteroatoms. The number of pyridine rings is 1. The van der Waals surface area contributed by atoms with Crippen LogP contribution in [0.2, 0.25) is 0 Å². The maximum absolute atomic E-state index is 12.5. The number of aliphatic carboxylic acids is 1. The van der Waals surface area contributed by atoms with Gasteiger partial charge in [0.2, 0.25) is 5.91 Å². The molecule has 0 spiro atoms. The first-order valence-corrected chi connectivity index (χ1v) is 7.29. The first kappa shape index (κ1) is 17.9. The lowest BCUT2D eigenvalue weighted by molar-refractivity contribution is -0.143. The highest BCUT2D eigenvalue weighted by Crippen LogP contribution is 2.15. The number of aromatic nitrogens is 1. The smallest absolute Gasteiger partial charge is 0.326 e. The van der Waals surface area contributed by atoms with Gasteiger partial charge >= 0.3 is 5.97 Å². The van der Waals surface area contributed by atoms with E-state index in [9.17, 15) is 19.5 Å². The fraction of sp³-hybridized carbons (Fsp3) is 0.562. The van der Waals surface area contributed by atoms with E-state index in [4.69, 9.17) is 0 Å². The Bertz CT molecular complexity index is 617. The molecule has 1 aromatic rings. The van der Waals surface area contributed by atoms with Gasteiger partial charge in [0.15, 0.2) is 0 Å². The fourth-order valence-electron chi connectivity index (χ4n) is 2.18. The molecule has 0 saturated heterocycles. The Morgan fingerprint density at radius 3 is 2.41 bits per heavy atom. The number of hydrogen-bond donors (Lipinski definition) is 2. The van der Waals surface area contributed by atoms with Crippen molar-refractivity contribution in [3.63, 3.8) is 0 Å². The highest BCUT2D eigenvalue weighted by molar-refractivity contribution is 5.88. The summed E-state index contributed by atoms with van der Waals surface area (Å²) < 4.78 is 1.31. The van der Waals surface area contributed by atoms with Crippen molar-refractivity contribution in [1.82, 2.24) is 9.88 Å². The minimum absolute atomic E-state index is 0.131. The zero-order valence-electron chi connectivity index (χ0n) is 13.7. The summed E-state index contributed by atoms with van der Waals surface area (Å²) in [5, 5.41) is 11.7. The first-order valence-electron chi connectivity index (χ1n) is 7.29. The average Bonchev–Trinajstić information content (AvgIpc) is 2.36. The molecule has 0 aliphatic carbocycles. The normalized spacial score (nSPS) is 13.0. The van der Waals surface area contributed by atoms with Crippen LogP contribution >= 0.6 is 0 Å². The van der Waals surface area contributed by atoms with Gasteiger partial charge < -0.3 is 15.0 Å². The van der Waals surface area contributed by atoms with E-state index in [2.05, 4.69) is 5.32 Å². The molecular formula is C16H24N2O4. The molecule has 1 unspecified atom stereocenters. The third-order valence-electron chi connectivity index (χ3n) is 3.54. The summed E-state index contributed by atoms with van der Waals surface area (Å²) in [6.07, 6.45) is 1.88. The number of carbonyl (C=O) groups excluding carboxylic acids is 1. The van der Waals surface area contributed by atoms with E-state index < -0.39 is 23.5 Å². The van der Waals surface area contributed by atoms with Crippen LogP contribution in [0.15, 0.2) is 23.1 Å². The number of hydrogen-bond acceptors (Lipinski definition) is 3. The highest BCUT2D eigenvalue weighted by atomic mass is 16.4. The van der Waals surface area contributed by atoms with Gasteiger partial charge in [0.25, 0.3) is 5.56 Å². The van der Waals surface area contributed by atoms with Crippen LogP contribution in [0.1, 0.15) is 39.7 Å². The third-order valence-corrected chi connectivity index (χ3v) is 3.54. The minimum atomic E-state index is -1.17. The number of carboxylic acids is 1. The molecule has 22 heavy (non-hydrogen) atoms. The average molecular weight is 308 g/mol. The standard InChI is InChI=1S/C16H24N2O4/c1-10(2)8-12(14(20)21)17-15(22)16(4,5)18-7-6-11(3)9-13(18)19/h6-7,9-10,12H,8H2,1-5H3,(H,17,22)(H,20,21). The second kappa shape index (κ2) is 6.77. The van der Waals surface area contributed by atoms with Crippen LogP contribution in [0.5, 0.6) is 0 Å². The second-order valence-electron chi connectivity index (χ2n) is 6.47. The summed E-state index contributed by atoms with van der Waals surface area (Å²) in [6.45, 7) is 8.75. The Morgan fingerprint density at radius 2 is 1.95 bits per heavy atom. The Labute approximate surface area is 130 Å². The van der Waals surface area contributed by atoms with Crippen LogP contribution < -0.4 is 10.9 Å². The topological polar surface area (TPSA) is 88.4 Å². The zero-order valence-corrected chi connectivity index (χ0v) is 13.7. The largest absolute Gasteiger partial charge is 0.480 e. The number of carboxylic acid groups (broad SMARTS) is 1. The summed E-state index contributed by atoms with van der Waals surface area (Å²) in [4.78, 5) is 35.8. The number of amides is 1. The van der Waals surface area contributed by atoms with E-state index in [0.29, 0.717) is 6.42 Å². The molecule has 1 aromatic heterocycles. The van der Waals surface area contributed by atoms with Crippen molar-refractivity contribution in [3.05, 3.63) is 34.2 Å². The van der Waals surface area contributed by atoms with Crippen molar-refractivity contribution in [2.24, 2.45) is 5.92 Å². The predicted molar refractivity (Wildman–Crippen MR) is 83.8 cm³/mol. The van der Waals surface area contributed by atoms with E-state index in [1.807, 2.05) is 13.8 Å². The summed E-state index contributed by atoms with van der Waals surface area (Å²) >= 11 is 0. The van der Waals surface area contributed by atoms with Gasteiger partial charge in [0.1, 0.15) is 11.6 Å². The third kappa shape index (κ3) is 4.19. The minimum Gasteiger partial charge on any atom is -0.480 e. The molecule has 122 valence electrons. The van der Waals surface area contributed by atoms with E-state index in [1.165, 1.54) is 10.6 Å². The molecule has 0 fully saturated rings. The summed E-state index contributed by atoms with van der Waals surface area (Å²) in [6, 6.07) is 2.21. The molecule has 0 aliphatic heterocycles. The molecule has 0 aromatic carbocycles. The first-order chi connectivity index (χ1) is 10.1. The monoisotopic (exact) mass is 308 g/mol. The molecule has 0 radical (unpaired) electrons.